The van der Waals surface area contributed by atoms with Crippen molar-refractivity contribution in [2.45, 2.75) is 6.54 Å². The molecule has 3 aromatic rings. The Kier molecular flexibility index (Phi) is 4.20. The van der Waals surface area contributed by atoms with Gasteiger partial charge in [-0.15, -0.1) is 0 Å². The first kappa shape index (κ1) is 14.7. The minimum Gasteiger partial charge on any atom is -0.497 e. The number of ether oxygens (including phenoxy) is 1. The molecule has 0 aliphatic carbocycles. The molecule has 1 aromatic heterocycles. The number of aromatic nitrogens is 3. The molecule has 0 fully saturated rings. The van der Waals surface area contributed by atoms with Crippen molar-refractivity contribution >= 4 is 15.9 Å². The smallest absolute Gasteiger partial charge is 0.184 e. The number of halogens is 2. The fraction of sp³-hybridized carbons (Fsp3) is 0.125. The van der Waals surface area contributed by atoms with Gasteiger partial charge in [-0.3, -0.25) is 0 Å². The first-order valence-electron chi connectivity index (χ1n) is 6.63. The van der Waals surface area contributed by atoms with Crippen LogP contribution in [0, 0.1) is 5.82 Å². The fourth-order valence-corrected chi connectivity index (χ4v) is 2.42. The minimum absolute atomic E-state index is 0.350. The predicted octanol–water partition coefficient (Wildman–Crippen LogP) is 3.90. The van der Waals surface area contributed by atoms with Crippen molar-refractivity contribution in [3.63, 3.8) is 0 Å². The highest BCUT2D eigenvalue weighted by atomic mass is 79.9. The lowest BCUT2D eigenvalue weighted by Gasteiger charge is -2.03. The average molecular weight is 362 g/mol. The Morgan fingerprint density at radius 2 is 1.95 bits per heavy atom. The lowest BCUT2D eigenvalue weighted by molar-refractivity contribution is 0.414. The van der Waals surface area contributed by atoms with Crippen molar-refractivity contribution in [2.24, 2.45) is 0 Å². The zero-order valence-corrected chi connectivity index (χ0v) is 13.4. The Hall–Kier alpha value is -2.21. The number of hydrogen-bond acceptors (Lipinski definition) is 3. The number of nitrogens with zero attached hydrogens (tertiary/aromatic N) is 3. The molecule has 0 saturated carbocycles. The molecular weight excluding hydrogens is 349 g/mol. The van der Waals surface area contributed by atoms with Gasteiger partial charge in [-0.2, -0.15) is 5.10 Å². The van der Waals surface area contributed by atoms with Gasteiger partial charge in [-0.05, 0) is 35.9 Å². The standard InChI is InChI=1S/C16H13BrFN3O/c1-22-13-5-2-11(3-6-13)9-21-10-19-16(20-21)14-7-4-12(17)8-15(14)18/h2-8,10H,9H2,1H3. The molecule has 0 amide bonds. The second kappa shape index (κ2) is 6.27. The van der Waals surface area contributed by atoms with Crippen LogP contribution in [-0.4, -0.2) is 21.9 Å². The lowest BCUT2D eigenvalue weighted by atomic mass is 10.2. The van der Waals surface area contributed by atoms with Crippen molar-refractivity contribution in [3.8, 4) is 17.1 Å². The summed E-state index contributed by atoms with van der Waals surface area (Å²) in [6, 6.07) is 12.5. The highest BCUT2D eigenvalue weighted by molar-refractivity contribution is 9.10. The molecule has 0 aliphatic rings. The van der Waals surface area contributed by atoms with Gasteiger partial charge in [-0.1, -0.05) is 28.1 Å². The van der Waals surface area contributed by atoms with E-state index in [2.05, 4.69) is 26.0 Å². The van der Waals surface area contributed by atoms with E-state index in [4.69, 9.17) is 4.74 Å². The molecule has 0 spiro atoms. The molecule has 3 rings (SSSR count). The van der Waals surface area contributed by atoms with E-state index in [0.717, 1.165) is 11.3 Å². The van der Waals surface area contributed by atoms with Crippen molar-refractivity contribution in [2.75, 3.05) is 7.11 Å². The monoisotopic (exact) mass is 361 g/mol. The van der Waals surface area contributed by atoms with Crippen LogP contribution in [0.1, 0.15) is 5.56 Å². The molecule has 0 aliphatic heterocycles. The van der Waals surface area contributed by atoms with Crippen LogP contribution in [0.3, 0.4) is 0 Å². The SMILES string of the molecule is COc1ccc(Cn2cnc(-c3ccc(Br)cc3F)n2)cc1. The molecule has 22 heavy (non-hydrogen) atoms. The van der Waals surface area contributed by atoms with E-state index in [9.17, 15) is 4.39 Å². The molecule has 0 radical (unpaired) electrons. The normalized spacial score (nSPS) is 10.7. The molecule has 0 saturated heterocycles. The maximum Gasteiger partial charge on any atom is 0.184 e. The van der Waals surface area contributed by atoms with E-state index in [0.29, 0.717) is 22.4 Å². The van der Waals surface area contributed by atoms with Gasteiger partial charge in [0.15, 0.2) is 5.82 Å². The van der Waals surface area contributed by atoms with Crippen LogP contribution >= 0.6 is 15.9 Å². The molecule has 1 heterocycles. The van der Waals surface area contributed by atoms with Crippen LogP contribution in [-0.2, 0) is 6.54 Å². The fourth-order valence-electron chi connectivity index (χ4n) is 2.08. The molecular formula is C16H13BrFN3O. The Labute approximate surface area is 135 Å². The third-order valence-electron chi connectivity index (χ3n) is 3.21. The quantitative estimate of drug-likeness (QED) is 0.707. The van der Waals surface area contributed by atoms with Gasteiger partial charge in [0, 0.05) is 4.47 Å². The highest BCUT2D eigenvalue weighted by Gasteiger charge is 2.10. The molecule has 4 nitrogen and oxygen atoms in total. The van der Waals surface area contributed by atoms with E-state index in [1.165, 1.54) is 6.07 Å². The lowest BCUT2D eigenvalue weighted by Crippen LogP contribution is -2.00. The summed E-state index contributed by atoms with van der Waals surface area (Å²) in [6.45, 7) is 0.565. The highest BCUT2D eigenvalue weighted by Crippen LogP contribution is 2.22. The number of methoxy groups -OCH3 is 1. The Morgan fingerprint density at radius 3 is 2.64 bits per heavy atom. The maximum atomic E-state index is 13.9. The predicted molar refractivity (Wildman–Crippen MR) is 85.2 cm³/mol. The maximum absolute atomic E-state index is 13.9. The Morgan fingerprint density at radius 1 is 1.18 bits per heavy atom. The second-order valence-corrected chi connectivity index (χ2v) is 5.65. The van der Waals surface area contributed by atoms with Gasteiger partial charge >= 0.3 is 0 Å². The van der Waals surface area contributed by atoms with Gasteiger partial charge in [0.1, 0.15) is 17.9 Å². The van der Waals surface area contributed by atoms with Gasteiger partial charge in [0.2, 0.25) is 0 Å². The third-order valence-corrected chi connectivity index (χ3v) is 3.71. The number of hydrogen-bond donors (Lipinski definition) is 0. The van der Waals surface area contributed by atoms with Crippen LogP contribution in [0.5, 0.6) is 5.75 Å². The average Bonchev–Trinajstić information content (AvgIpc) is 2.96. The summed E-state index contributed by atoms with van der Waals surface area (Å²) in [5.41, 5.74) is 1.45. The molecule has 112 valence electrons. The summed E-state index contributed by atoms with van der Waals surface area (Å²) in [6.07, 6.45) is 1.60. The zero-order chi connectivity index (χ0) is 15.5. The van der Waals surface area contributed by atoms with Crippen molar-refractivity contribution < 1.29 is 9.13 Å². The van der Waals surface area contributed by atoms with Gasteiger partial charge in [-0.25, -0.2) is 14.1 Å². The molecule has 2 aromatic carbocycles. The Bertz CT molecular complexity index is 786. The summed E-state index contributed by atoms with van der Waals surface area (Å²) >= 11 is 3.23. The molecule has 0 atom stereocenters. The van der Waals surface area contributed by atoms with Gasteiger partial charge < -0.3 is 4.74 Å². The van der Waals surface area contributed by atoms with Crippen LogP contribution in [0.2, 0.25) is 0 Å². The van der Waals surface area contributed by atoms with Gasteiger partial charge in [0.05, 0.1) is 19.2 Å². The van der Waals surface area contributed by atoms with Crippen LogP contribution in [0.25, 0.3) is 11.4 Å². The second-order valence-electron chi connectivity index (χ2n) is 4.74. The first-order chi connectivity index (χ1) is 10.7. The van der Waals surface area contributed by atoms with Crippen molar-refractivity contribution in [1.29, 1.82) is 0 Å². The molecule has 0 N–H and O–H groups in total. The summed E-state index contributed by atoms with van der Waals surface area (Å²) < 4.78 is 21.4. The Balaban J connectivity index is 1.81. The molecule has 6 heteroatoms. The first-order valence-corrected chi connectivity index (χ1v) is 7.43. The summed E-state index contributed by atoms with van der Waals surface area (Å²) in [4.78, 5) is 4.18. The van der Waals surface area contributed by atoms with Gasteiger partial charge in [0.25, 0.3) is 0 Å². The van der Waals surface area contributed by atoms with E-state index < -0.39 is 0 Å². The number of rotatable bonds is 4. The summed E-state index contributed by atoms with van der Waals surface area (Å²) in [5.74, 6) is 0.829. The van der Waals surface area contributed by atoms with E-state index in [-0.39, 0.29) is 5.82 Å². The summed E-state index contributed by atoms with van der Waals surface area (Å²) in [7, 11) is 1.63. The van der Waals surface area contributed by atoms with E-state index >= 15 is 0 Å². The van der Waals surface area contributed by atoms with Crippen molar-refractivity contribution in [1.82, 2.24) is 14.8 Å². The largest absolute Gasteiger partial charge is 0.497 e. The van der Waals surface area contributed by atoms with Crippen LogP contribution in [0.4, 0.5) is 4.39 Å². The molecule has 0 bridgehead atoms. The van der Waals surface area contributed by atoms with Crippen LogP contribution < -0.4 is 4.74 Å². The third kappa shape index (κ3) is 3.17. The molecule has 0 unspecified atom stereocenters. The minimum atomic E-state index is -0.350. The van der Waals surface area contributed by atoms with E-state index in [1.807, 2.05) is 24.3 Å². The number of benzene rings is 2. The van der Waals surface area contributed by atoms with Crippen molar-refractivity contribution in [3.05, 3.63) is 64.6 Å². The zero-order valence-electron chi connectivity index (χ0n) is 11.8. The topological polar surface area (TPSA) is 39.9 Å². The van der Waals surface area contributed by atoms with E-state index in [1.54, 1.807) is 30.3 Å². The van der Waals surface area contributed by atoms with Crippen LogP contribution in [0.15, 0.2) is 53.3 Å². The summed E-state index contributed by atoms with van der Waals surface area (Å²) in [5, 5.41) is 4.33.